The van der Waals surface area contributed by atoms with Crippen LogP contribution in [0.3, 0.4) is 0 Å². The van der Waals surface area contributed by atoms with E-state index in [0.29, 0.717) is 19.5 Å². The molecule has 2 aromatic carbocycles. The summed E-state index contributed by atoms with van der Waals surface area (Å²) in [7, 11) is 1.55. The number of carbonyl (C=O) groups is 2. The van der Waals surface area contributed by atoms with Crippen molar-refractivity contribution in [1.29, 1.82) is 0 Å². The molecular formula is C29H30ClF4N5O3. The molecule has 224 valence electrons. The van der Waals surface area contributed by atoms with E-state index in [1.807, 2.05) is 13.8 Å². The van der Waals surface area contributed by atoms with Gasteiger partial charge in [0.25, 0.3) is 12.3 Å². The van der Waals surface area contributed by atoms with Crippen molar-refractivity contribution in [2.45, 2.75) is 64.5 Å². The Hall–Kier alpha value is -3.64. The third-order valence-electron chi connectivity index (χ3n) is 8.03. The maximum absolute atomic E-state index is 13.5. The molecule has 1 aromatic heterocycles. The Balaban J connectivity index is 1.45. The SMILES string of the molecule is CNC(=O)[C@@H]1CN([C@@H](C)c2ccc(OC(F)F)cc2)Cc2c3c(nn21)C[C@@H](C)N(C(=O)c1ccc(Cl)c(C(F)F)c1)C3. The lowest BCUT2D eigenvalue weighted by atomic mass is 9.96. The predicted octanol–water partition coefficient (Wildman–Crippen LogP) is 5.53. The lowest BCUT2D eigenvalue weighted by Gasteiger charge is -2.38. The Morgan fingerprint density at radius 1 is 1.10 bits per heavy atom. The number of aromatic nitrogens is 2. The highest BCUT2D eigenvalue weighted by Gasteiger charge is 2.39. The lowest BCUT2D eigenvalue weighted by molar-refractivity contribution is -0.125. The Bertz CT molecular complexity index is 1480. The van der Waals surface area contributed by atoms with Crippen molar-refractivity contribution in [3.8, 4) is 5.75 Å². The van der Waals surface area contributed by atoms with E-state index in [1.165, 1.54) is 24.3 Å². The van der Waals surface area contributed by atoms with Crippen molar-refractivity contribution < 1.29 is 31.9 Å². The molecule has 0 saturated carbocycles. The maximum Gasteiger partial charge on any atom is 0.387 e. The fourth-order valence-electron chi connectivity index (χ4n) is 5.68. The summed E-state index contributed by atoms with van der Waals surface area (Å²) in [5.74, 6) is -0.577. The van der Waals surface area contributed by atoms with E-state index in [0.717, 1.165) is 28.6 Å². The van der Waals surface area contributed by atoms with E-state index in [9.17, 15) is 27.2 Å². The molecule has 3 heterocycles. The zero-order chi connectivity index (χ0) is 30.3. The summed E-state index contributed by atoms with van der Waals surface area (Å²) in [5, 5.41) is 7.40. The third-order valence-corrected chi connectivity index (χ3v) is 8.37. The van der Waals surface area contributed by atoms with Gasteiger partial charge in [0.2, 0.25) is 5.91 Å². The fraction of sp³-hybridized carbons (Fsp3) is 0.414. The monoisotopic (exact) mass is 607 g/mol. The number of likely N-dealkylation sites (N-methyl/N-ethyl adjacent to an activating group) is 1. The molecule has 42 heavy (non-hydrogen) atoms. The van der Waals surface area contributed by atoms with E-state index in [1.54, 1.807) is 28.8 Å². The quantitative estimate of drug-likeness (QED) is 0.358. The first-order valence-electron chi connectivity index (χ1n) is 13.5. The first-order valence-corrected chi connectivity index (χ1v) is 13.8. The van der Waals surface area contributed by atoms with E-state index < -0.39 is 30.5 Å². The molecule has 8 nitrogen and oxygen atoms in total. The second-order valence-electron chi connectivity index (χ2n) is 10.5. The summed E-state index contributed by atoms with van der Waals surface area (Å²) in [6.07, 6.45) is -2.39. The smallest absolute Gasteiger partial charge is 0.387 e. The number of halogens is 5. The van der Waals surface area contributed by atoms with Crippen LogP contribution < -0.4 is 10.1 Å². The molecule has 5 rings (SSSR count). The highest BCUT2D eigenvalue weighted by atomic mass is 35.5. The topological polar surface area (TPSA) is 79.7 Å². The number of rotatable bonds is 7. The number of ether oxygens (including phenoxy) is 1. The number of benzene rings is 2. The number of carbonyl (C=O) groups excluding carboxylic acids is 2. The van der Waals surface area contributed by atoms with Crippen molar-refractivity contribution in [3.05, 3.63) is 81.1 Å². The molecule has 0 fully saturated rings. The van der Waals surface area contributed by atoms with E-state index in [2.05, 4.69) is 15.0 Å². The summed E-state index contributed by atoms with van der Waals surface area (Å²) >= 11 is 5.91. The largest absolute Gasteiger partial charge is 0.435 e. The standard InChI is InChI=1S/C29H30ClF4N5O3/c1-15-10-23-21(12-38(15)28(41)18-6-9-22(30)20(11-18)26(31)32)24-13-37(14-25(27(40)35-3)39(24)36-23)16(2)17-4-7-19(8-5-17)42-29(33)34/h4-9,11,15-16,25-26,29H,10,12-14H2,1-3H3,(H,35,40)/t15-,16+,25+/m1/s1. The summed E-state index contributed by atoms with van der Waals surface area (Å²) in [6, 6.07) is 9.14. The Morgan fingerprint density at radius 3 is 2.45 bits per heavy atom. The number of fused-ring (bicyclic) bond motifs is 3. The molecule has 2 amide bonds. The van der Waals surface area contributed by atoms with Gasteiger partial charge in [-0.25, -0.2) is 8.78 Å². The van der Waals surface area contributed by atoms with Crippen LogP contribution >= 0.6 is 11.6 Å². The van der Waals surface area contributed by atoms with Crippen LogP contribution in [0.15, 0.2) is 42.5 Å². The van der Waals surface area contributed by atoms with Crippen LogP contribution in [0, 0.1) is 0 Å². The first kappa shape index (κ1) is 29.8. The second-order valence-corrected chi connectivity index (χ2v) is 10.9. The highest BCUT2D eigenvalue weighted by Crippen LogP contribution is 2.36. The van der Waals surface area contributed by atoms with Gasteiger partial charge in [-0.1, -0.05) is 23.7 Å². The fourth-order valence-corrected chi connectivity index (χ4v) is 5.88. The molecule has 0 saturated heterocycles. The van der Waals surface area contributed by atoms with Gasteiger partial charge in [-0.05, 0) is 49.7 Å². The zero-order valence-corrected chi connectivity index (χ0v) is 23.9. The number of nitrogens with one attached hydrogen (secondary N) is 1. The minimum atomic E-state index is -2.92. The van der Waals surface area contributed by atoms with Crippen molar-refractivity contribution in [2.75, 3.05) is 13.6 Å². The normalized spacial score (nSPS) is 19.4. The van der Waals surface area contributed by atoms with Gasteiger partial charge < -0.3 is 15.0 Å². The molecule has 2 aliphatic heterocycles. The third kappa shape index (κ3) is 5.69. The van der Waals surface area contributed by atoms with E-state index in [-0.39, 0.29) is 40.9 Å². The van der Waals surface area contributed by atoms with Gasteiger partial charge >= 0.3 is 6.61 Å². The molecule has 0 radical (unpaired) electrons. The molecule has 0 unspecified atom stereocenters. The van der Waals surface area contributed by atoms with E-state index >= 15 is 0 Å². The minimum absolute atomic E-state index is 0.0511. The highest BCUT2D eigenvalue weighted by molar-refractivity contribution is 6.31. The predicted molar refractivity (Wildman–Crippen MR) is 147 cm³/mol. The number of hydrogen-bond donors (Lipinski definition) is 1. The molecule has 3 aromatic rings. The molecular weight excluding hydrogens is 578 g/mol. The number of nitrogens with zero attached hydrogens (tertiary/aromatic N) is 4. The van der Waals surface area contributed by atoms with Crippen LogP contribution in [0.5, 0.6) is 5.75 Å². The van der Waals surface area contributed by atoms with Crippen LogP contribution in [-0.2, 0) is 24.3 Å². The molecule has 0 aliphatic carbocycles. The Morgan fingerprint density at radius 2 is 1.81 bits per heavy atom. The molecule has 13 heteroatoms. The van der Waals surface area contributed by atoms with Crippen LogP contribution in [0.4, 0.5) is 17.6 Å². The summed E-state index contributed by atoms with van der Waals surface area (Å²) < 4.78 is 58.3. The summed E-state index contributed by atoms with van der Waals surface area (Å²) in [4.78, 5) is 30.3. The van der Waals surface area contributed by atoms with Crippen LogP contribution in [-0.4, -0.2) is 57.6 Å². The van der Waals surface area contributed by atoms with Gasteiger partial charge in [-0.2, -0.15) is 13.9 Å². The van der Waals surface area contributed by atoms with Gasteiger partial charge in [0, 0.05) is 66.9 Å². The van der Waals surface area contributed by atoms with Crippen LogP contribution in [0.25, 0.3) is 0 Å². The minimum Gasteiger partial charge on any atom is -0.435 e. The average molecular weight is 608 g/mol. The van der Waals surface area contributed by atoms with Gasteiger partial charge in [0.15, 0.2) is 0 Å². The molecule has 2 aliphatic rings. The van der Waals surface area contributed by atoms with Crippen LogP contribution in [0.1, 0.15) is 70.8 Å². The van der Waals surface area contributed by atoms with Crippen molar-refractivity contribution in [3.63, 3.8) is 0 Å². The van der Waals surface area contributed by atoms with E-state index in [4.69, 9.17) is 16.7 Å². The van der Waals surface area contributed by atoms with Crippen molar-refractivity contribution >= 4 is 23.4 Å². The zero-order valence-electron chi connectivity index (χ0n) is 23.2. The maximum atomic E-state index is 13.5. The van der Waals surface area contributed by atoms with Gasteiger partial charge in [0.1, 0.15) is 11.8 Å². The second kappa shape index (κ2) is 11.9. The summed E-state index contributed by atoms with van der Waals surface area (Å²) in [6.45, 7) is 1.87. The Labute approximate surface area is 245 Å². The molecule has 0 spiro atoms. The molecule has 0 bridgehead atoms. The Kier molecular flexibility index (Phi) is 8.47. The lowest BCUT2D eigenvalue weighted by Crippen LogP contribution is -2.45. The molecule has 1 N–H and O–H groups in total. The average Bonchev–Trinajstić information content (AvgIpc) is 3.32. The van der Waals surface area contributed by atoms with Crippen molar-refractivity contribution in [1.82, 2.24) is 24.9 Å². The summed E-state index contributed by atoms with van der Waals surface area (Å²) in [5.41, 5.74) is 2.94. The molecule has 3 atom stereocenters. The first-order chi connectivity index (χ1) is 20.0. The van der Waals surface area contributed by atoms with Crippen LogP contribution in [0.2, 0.25) is 5.02 Å². The number of amides is 2. The van der Waals surface area contributed by atoms with Crippen molar-refractivity contribution in [2.24, 2.45) is 0 Å². The van der Waals surface area contributed by atoms with Gasteiger partial charge in [0.05, 0.1) is 11.4 Å². The van der Waals surface area contributed by atoms with Gasteiger partial charge in [-0.15, -0.1) is 0 Å². The van der Waals surface area contributed by atoms with Gasteiger partial charge in [-0.3, -0.25) is 19.2 Å². The number of alkyl halides is 4. The number of hydrogen-bond acceptors (Lipinski definition) is 5.